The fraction of sp³-hybridized carbons (Fsp3) is 0.933. The monoisotopic (exact) mass is 236 g/mol. The van der Waals surface area contributed by atoms with Crippen molar-refractivity contribution in [1.82, 2.24) is 0 Å². The van der Waals surface area contributed by atoms with Crippen molar-refractivity contribution in [3.05, 3.63) is 0 Å². The summed E-state index contributed by atoms with van der Waals surface area (Å²) in [6.07, 6.45) is 9.76. The molecule has 0 N–H and O–H groups in total. The first-order valence-electron chi connectivity index (χ1n) is 7.42. The van der Waals surface area contributed by atoms with Gasteiger partial charge in [0.2, 0.25) is 0 Å². The maximum absolute atomic E-state index is 12.6. The van der Waals surface area contributed by atoms with Gasteiger partial charge in [-0.15, -0.1) is 0 Å². The molecule has 0 saturated heterocycles. The second-order valence-electron chi connectivity index (χ2n) is 6.20. The summed E-state index contributed by atoms with van der Waals surface area (Å²) in [6, 6.07) is 0. The quantitative estimate of drug-likeness (QED) is 0.735. The third kappa shape index (κ3) is 1.68. The highest BCUT2D eigenvalue weighted by Crippen LogP contribution is 2.60. The molecule has 2 heteroatoms. The summed E-state index contributed by atoms with van der Waals surface area (Å²) in [4.78, 5) is 12.6. The van der Waals surface area contributed by atoms with Crippen LogP contribution in [-0.2, 0) is 9.53 Å². The largest absolute Gasteiger partial charge is 0.378 e. The normalized spacial score (nSPS) is 45.5. The summed E-state index contributed by atoms with van der Waals surface area (Å²) >= 11 is 0. The van der Waals surface area contributed by atoms with E-state index in [0.717, 1.165) is 18.9 Å². The second kappa shape index (κ2) is 4.38. The van der Waals surface area contributed by atoms with Crippen LogP contribution in [0.25, 0.3) is 0 Å². The molecule has 17 heavy (non-hydrogen) atoms. The molecule has 2 nitrogen and oxygen atoms in total. The zero-order chi connectivity index (χ0) is 11.9. The van der Waals surface area contributed by atoms with Gasteiger partial charge in [-0.1, -0.05) is 12.8 Å². The Morgan fingerprint density at radius 2 is 2.06 bits per heavy atom. The van der Waals surface area contributed by atoms with Gasteiger partial charge in [0, 0.05) is 18.4 Å². The van der Waals surface area contributed by atoms with Crippen LogP contribution in [0.1, 0.15) is 58.3 Å². The van der Waals surface area contributed by atoms with E-state index in [2.05, 4.69) is 0 Å². The smallest absolute Gasteiger partial charge is 0.142 e. The number of Topliss-reactive ketones (excluding diaryl/α,β-unsaturated/α-hetero) is 1. The molecule has 1 spiro atoms. The average molecular weight is 236 g/mol. The fourth-order valence-corrected chi connectivity index (χ4v) is 4.95. The highest BCUT2D eigenvalue weighted by molar-refractivity contribution is 5.87. The number of hydrogen-bond acceptors (Lipinski definition) is 2. The Hall–Kier alpha value is -0.370. The molecule has 0 amide bonds. The van der Waals surface area contributed by atoms with Gasteiger partial charge in [-0.2, -0.15) is 0 Å². The summed E-state index contributed by atoms with van der Waals surface area (Å²) in [5.41, 5.74) is 0.103. The molecule has 3 aliphatic rings. The van der Waals surface area contributed by atoms with Crippen molar-refractivity contribution < 1.29 is 9.53 Å². The number of ketones is 1. The molecule has 0 aromatic heterocycles. The van der Waals surface area contributed by atoms with Crippen molar-refractivity contribution in [2.24, 2.45) is 17.3 Å². The van der Waals surface area contributed by atoms with Gasteiger partial charge in [-0.05, 0) is 50.9 Å². The first-order chi connectivity index (χ1) is 8.27. The van der Waals surface area contributed by atoms with Crippen LogP contribution in [-0.4, -0.2) is 18.5 Å². The predicted octanol–water partition coefficient (Wildman–Crippen LogP) is 3.34. The van der Waals surface area contributed by atoms with E-state index in [1.807, 2.05) is 6.92 Å². The van der Waals surface area contributed by atoms with Crippen molar-refractivity contribution in [2.75, 3.05) is 6.61 Å². The molecule has 0 aliphatic heterocycles. The van der Waals surface area contributed by atoms with Crippen molar-refractivity contribution in [2.45, 2.75) is 64.4 Å². The molecule has 4 atom stereocenters. The molecule has 0 radical (unpaired) electrons. The van der Waals surface area contributed by atoms with Crippen LogP contribution in [0.4, 0.5) is 0 Å². The number of rotatable bonds is 2. The standard InChI is InChI=1S/C15H24O2/c1-2-17-13-9-12-7-6-11-5-3-4-8-15(11,12)14(16)10-13/h11-13H,2-10H2,1H3/t11-,12+,13-,15+/m1/s1. The van der Waals surface area contributed by atoms with E-state index in [0.29, 0.717) is 18.1 Å². The summed E-state index contributed by atoms with van der Waals surface area (Å²) in [6.45, 7) is 2.79. The highest BCUT2D eigenvalue weighted by Gasteiger charge is 2.57. The molecule has 0 bridgehead atoms. The zero-order valence-corrected chi connectivity index (χ0v) is 10.9. The van der Waals surface area contributed by atoms with E-state index >= 15 is 0 Å². The summed E-state index contributed by atoms with van der Waals surface area (Å²) in [7, 11) is 0. The molecular weight excluding hydrogens is 212 g/mol. The van der Waals surface area contributed by atoms with E-state index in [-0.39, 0.29) is 11.5 Å². The minimum atomic E-state index is 0.103. The molecular formula is C15H24O2. The van der Waals surface area contributed by atoms with Crippen LogP contribution in [0.2, 0.25) is 0 Å². The molecule has 3 fully saturated rings. The van der Waals surface area contributed by atoms with Gasteiger partial charge >= 0.3 is 0 Å². The second-order valence-corrected chi connectivity index (χ2v) is 6.20. The molecule has 3 rings (SSSR count). The molecule has 3 aliphatic carbocycles. The molecule has 0 aromatic rings. The van der Waals surface area contributed by atoms with Gasteiger partial charge in [0.15, 0.2) is 0 Å². The minimum Gasteiger partial charge on any atom is -0.378 e. The lowest BCUT2D eigenvalue weighted by atomic mass is 9.57. The van der Waals surface area contributed by atoms with Crippen LogP contribution in [0.3, 0.4) is 0 Å². The lowest BCUT2D eigenvalue weighted by Gasteiger charge is -2.47. The molecule has 0 heterocycles. The summed E-state index contributed by atoms with van der Waals surface area (Å²) in [5.74, 6) is 1.91. The Kier molecular flexibility index (Phi) is 3.02. The maximum atomic E-state index is 12.6. The van der Waals surface area contributed by atoms with Crippen LogP contribution in [0.5, 0.6) is 0 Å². The number of carbonyl (C=O) groups excluding carboxylic acids is 1. The van der Waals surface area contributed by atoms with Crippen LogP contribution in [0, 0.1) is 17.3 Å². The van der Waals surface area contributed by atoms with E-state index in [9.17, 15) is 4.79 Å². The zero-order valence-electron chi connectivity index (χ0n) is 10.9. The third-order valence-electron chi connectivity index (χ3n) is 5.60. The number of hydrogen-bond donors (Lipinski definition) is 0. The van der Waals surface area contributed by atoms with Gasteiger partial charge in [0.25, 0.3) is 0 Å². The van der Waals surface area contributed by atoms with Gasteiger partial charge in [0.1, 0.15) is 5.78 Å². The Morgan fingerprint density at radius 3 is 2.88 bits per heavy atom. The summed E-state index contributed by atoms with van der Waals surface area (Å²) in [5, 5.41) is 0. The SMILES string of the molecule is CCO[C@H]1CC(=O)[C@@]23CCCC[C@@H]2CC[C@H]3C1. The average Bonchev–Trinajstić information content (AvgIpc) is 2.70. The predicted molar refractivity (Wildman–Crippen MR) is 66.8 cm³/mol. The Bertz CT molecular complexity index is 312. The first kappa shape index (κ1) is 11.7. The van der Waals surface area contributed by atoms with Crippen LogP contribution >= 0.6 is 0 Å². The lowest BCUT2D eigenvalue weighted by Crippen LogP contribution is -2.48. The van der Waals surface area contributed by atoms with Gasteiger partial charge < -0.3 is 4.74 Å². The highest BCUT2D eigenvalue weighted by atomic mass is 16.5. The topological polar surface area (TPSA) is 26.3 Å². The Balaban J connectivity index is 1.83. The number of ether oxygens (including phenoxy) is 1. The van der Waals surface area contributed by atoms with E-state index in [1.54, 1.807) is 0 Å². The maximum Gasteiger partial charge on any atom is 0.142 e. The fourth-order valence-electron chi connectivity index (χ4n) is 4.95. The van der Waals surface area contributed by atoms with Crippen LogP contribution < -0.4 is 0 Å². The number of carbonyl (C=O) groups is 1. The molecule has 96 valence electrons. The van der Waals surface area contributed by atoms with Gasteiger partial charge in [0.05, 0.1) is 6.10 Å². The van der Waals surface area contributed by atoms with Crippen molar-refractivity contribution in [3.8, 4) is 0 Å². The van der Waals surface area contributed by atoms with E-state index in [4.69, 9.17) is 4.74 Å². The van der Waals surface area contributed by atoms with Crippen molar-refractivity contribution >= 4 is 5.78 Å². The van der Waals surface area contributed by atoms with Gasteiger partial charge in [-0.25, -0.2) is 0 Å². The van der Waals surface area contributed by atoms with E-state index < -0.39 is 0 Å². The third-order valence-corrected chi connectivity index (χ3v) is 5.60. The Labute approximate surface area is 104 Å². The lowest BCUT2D eigenvalue weighted by molar-refractivity contribution is -0.146. The Morgan fingerprint density at radius 1 is 1.24 bits per heavy atom. The molecule has 3 saturated carbocycles. The van der Waals surface area contributed by atoms with Crippen LogP contribution in [0.15, 0.2) is 0 Å². The summed E-state index contributed by atoms with van der Waals surface area (Å²) < 4.78 is 5.72. The first-order valence-corrected chi connectivity index (χ1v) is 7.42. The minimum absolute atomic E-state index is 0.103. The van der Waals surface area contributed by atoms with E-state index in [1.165, 1.54) is 38.5 Å². The van der Waals surface area contributed by atoms with Crippen molar-refractivity contribution in [1.29, 1.82) is 0 Å². The van der Waals surface area contributed by atoms with Crippen molar-refractivity contribution in [3.63, 3.8) is 0 Å². The van der Waals surface area contributed by atoms with Gasteiger partial charge in [-0.3, -0.25) is 4.79 Å². The molecule has 0 unspecified atom stereocenters. The molecule has 0 aromatic carbocycles.